The lowest BCUT2D eigenvalue weighted by molar-refractivity contribution is 0.535. The number of aryl methyl sites for hydroxylation is 2. The molecule has 2 aromatic rings. The van der Waals surface area contributed by atoms with Gasteiger partial charge in [0, 0.05) is 23.9 Å². The topological polar surface area (TPSA) is 29.9 Å². The molecule has 0 aliphatic carbocycles. The van der Waals surface area contributed by atoms with Gasteiger partial charge in [-0.2, -0.15) is 5.10 Å². The Labute approximate surface area is 125 Å². The van der Waals surface area contributed by atoms with Gasteiger partial charge < -0.3 is 5.32 Å². The molecule has 1 aromatic carbocycles. The van der Waals surface area contributed by atoms with E-state index in [2.05, 4.69) is 54.6 Å². The molecule has 0 radical (unpaired) electrons. The summed E-state index contributed by atoms with van der Waals surface area (Å²) >= 11 is 1.90. The molecule has 0 saturated heterocycles. The van der Waals surface area contributed by atoms with E-state index in [1.807, 2.05) is 29.7 Å². The van der Waals surface area contributed by atoms with Gasteiger partial charge in [-0.25, -0.2) is 0 Å². The van der Waals surface area contributed by atoms with Crippen LogP contribution >= 0.6 is 11.8 Å². The van der Waals surface area contributed by atoms with Gasteiger partial charge in [0.25, 0.3) is 0 Å². The lowest BCUT2D eigenvalue weighted by Gasteiger charge is -2.18. The largest absolute Gasteiger partial charge is 0.308 e. The first kappa shape index (κ1) is 15.1. The molecule has 3 nitrogen and oxygen atoms in total. The number of hydrogen-bond acceptors (Lipinski definition) is 3. The van der Waals surface area contributed by atoms with Crippen LogP contribution in [-0.2, 0) is 7.05 Å². The Kier molecular flexibility index (Phi) is 5.68. The molecule has 0 spiro atoms. The average Bonchev–Trinajstić information content (AvgIpc) is 2.85. The summed E-state index contributed by atoms with van der Waals surface area (Å²) in [6.07, 6.45) is 3.01. The number of thioether (sulfide) groups is 1. The standard InChI is InChI=1S/C16H23N3S/c1-4-9-17-15(16-8-10-18-19(16)3)12-20-14-7-5-6-13(2)11-14/h5-8,10-11,15,17H,4,9,12H2,1-3H3. The highest BCUT2D eigenvalue weighted by atomic mass is 32.2. The van der Waals surface area contributed by atoms with Crippen LogP contribution in [0.1, 0.15) is 30.6 Å². The number of nitrogens with one attached hydrogen (secondary N) is 1. The SMILES string of the molecule is CCCNC(CSc1cccc(C)c1)c1ccnn1C. The summed E-state index contributed by atoms with van der Waals surface area (Å²) in [4.78, 5) is 1.33. The highest BCUT2D eigenvalue weighted by molar-refractivity contribution is 7.99. The summed E-state index contributed by atoms with van der Waals surface area (Å²) in [5, 5.41) is 7.90. The molecule has 0 saturated carbocycles. The molecule has 108 valence electrons. The van der Waals surface area contributed by atoms with Crippen LogP contribution < -0.4 is 5.32 Å². The van der Waals surface area contributed by atoms with Crippen LogP contribution in [0.15, 0.2) is 41.4 Å². The van der Waals surface area contributed by atoms with Crippen LogP contribution in [0.3, 0.4) is 0 Å². The van der Waals surface area contributed by atoms with E-state index < -0.39 is 0 Å². The van der Waals surface area contributed by atoms with Crippen LogP contribution in [0, 0.1) is 6.92 Å². The van der Waals surface area contributed by atoms with Crippen molar-refractivity contribution in [2.75, 3.05) is 12.3 Å². The fourth-order valence-corrected chi connectivity index (χ4v) is 3.27. The Morgan fingerprint density at radius 2 is 2.20 bits per heavy atom. The first-order chi connectivity index (χ1) is 9.70. The summed E-state index contributed by atoms with van der Waals surface area (Å²) < 4.78 is 1.96. The van der Waals surface area contributed by atoms with E-state index in [1.54, 1.807) is 0 Å². The van der Waals surface area contributed by atoms with Gasteiger partial charge in [-0.3, -0.25) is 4.68 Å². The van der Waals surface area contributed by atoms with Gasteiger partial charge in [-0.1, -0.05) is 24.6 Å². The first-order valence-electron chi connectivity index (χ1n) is 7.11. The molecule has 1 unspecified atom stereocenters. The smallest absolute Gasteiger partial charge is 0.0587 e. The Bertz CT molecular complexity index is 536. The lowest BCUT2D eigenvalue weighted by atomic mass is 10.2. The van der Waals surface area contributed by atoms with E-state index >= 15 is 0 Å². The van der Waals surface area contributed by atoms with Crippen LogP contribution in [0.4, 0.5) is 0 Å². The van der Waals surface area contributed by atoms with Crippen LogP contribution in [-0.4, -0.2) is 22.1 Å². The summed E-state index contributed by atoms with van der Waals surface area (Å²) in [5.41, 5.74) is 2.56. The minimum absolute atomic E-state index is 0.341. The zero-order chi connectivity index (χ0) is 14.4. The van der Waals surface area contributed by atoms with E-state index in [0.29, 0.717) is 6.04 Å². The fourth-order valence-electron chi connectivity index (χ4n) is 2.18. The third-order valence-corrected chi connectivity index (χ3v) is 4.35. The molecule has 0 aliphatic heterocycles. The van der Waals surface area contributed by atoms with Gasteiger partial charge in [0.15, 0.2) is 0 Å². The molecule has 2 rings (SSSR count). The van der Waals surface area contributed by atoms with Crippen molar-refractivity contribution in [3.63, 3.8) is 0 Å². The van der Waals surface area contributed by atoms with E-state index in [9.17, 15) is 0 Å². The van der Waals surface area contributed by atoms with Gasteiger partial charge >= 0.3 is 0 Å². The molecule has 1 N–H and O–H groups in total. The van der Waals surface area contributed by atoms with Crippen molar-refractivity contribution in [2.45, 2.75) is 31.2 Å². The number of nitrogens with zero attached hydrogens (tertiary/aromatic N) is 2. The zero-order valence-corrected chi connectivity index (χ0v) is 13.3. The molecule has 0 aliphatic rings. The van der Waals surface area contributed by atoms with Crippen LogP contribution in [0.5, 0.6) is 0 Å². The van der Waals surface area contributed by atoms with Crippen molar-refractivity contribution in [3.05, 3.63) is 47.8 Å². The summed E-state index contributed by atoms with van der Waals surface area (Å²) in [5.74, 6) is 1.02. The molecular weight excluding hydrogens is 266 g/mol. The van der Waals surface area contributed by atoms with Gasteiger partial charge in [0.2, 0.25) is 0 Å². The van der Waals surface area contributed by atoms with Gasteiger partial charge in [0.05, 0.1) is 11.7 Å². The molecular formula is C16H23N3S. The van der Waals surface area contributed by atoms with Crippen LogP contribution in [0.2, 0.25) is 0 Å². The molecule has 0 amide bonds. The third-order valence-electron chi connectivity index (χ3n) is 3.26. The average molecular weight is 289 g/mol. The number of aromatic nitrogens is 2. The molecule has 1 aromatic heterocycles. The van der Waals surface area contributed by atoms with Crippen molar-refractivity contribution in [1.29, 1.82) is 0 Å². The van der Waals surface area contributed by atoms with Crippen molar-refractivity contribution >= 4 is 11.8 Å². The highest BCUT2D eigenvalue weighted by Gasteiger charge is 2.14. The van der Waals surface area contributed by atoms with E-state index in [1.165, 1.54) is 16.2 Å². The van der Waals surface area contributed by atoms with Crippen LogP contribution in [0.25, 0.3) is 0 Å². The van der Waals surface area contributed by atoms with Gasteiger partial charge in [0.1, 0.15) is 0 Å². The van der Waals surface area contributed by atoms with E-state index in [4.69, 9.17) is 0 Å². The maximum atomic E-state index is 4.28. The molecule has 20 heavy (non-hydrogen) atoms. The van der Waals surface area contributed by atoms with E-state index in [-0.39, 0.29) is 0 Å². The van der Waals surface area contributed by atoms with Crippen molar-refractivity contribution in [2.24, 2.45) is 7.05 Å². The molecule has 4 heteroatoms. The molecule has 1 atom stereocenters. The third kappa shape index (κ3) is 4.12. The van der Waals surface area contributed by atoms with Crippen molar-refractivity contribution in [3.8, 4) is 0 Å². The molecule has 1 heterocycles. The minimum atomic E-state index is 0.341. The predicted molar refractivity (Wildman–Crippen MR) is 86.1 cm³/mol. The minimum Gasteiger partial charge on any atom is -0.308 e. The first-order valence-corrected chi connectivity index (χ1v) is 8.10. The Morgan fingerprint density at radius 3 is 2.85 bits per heavy atom. The monoisotopic (exact) mass is 289 g/mol. The molecule has 0 fully saturated rings. The predicted octanol–water partition coefficient (Wildman–Crippen LogP) is 3.56. The Hall–Kier alpha value is -1.26. The summed E-state index contributed by atoms with van der Waals surface area (Å²) in [6.45, 7) is 5.36. The Balaban J connectivity index is 2.03. The maximum Gasteiger partial charge on any atom is 0.0587 e. The summed E-state index contributed by atoms with van der Waals surface area (Å²) in [7, 11) is 2.01. The lowest BCUT2D eigenvalue weighted by Crippen LogP contribution is -2.26. The summed E-state index contributed by atoms with van der Waals surface area (Å²) in [6, 6.07) is 11.1. The second-order valence-electron chi connectivity index (χ2n) is 5.01. The van der Waals surface area contributed by atoms with Gasteiger partial charge in [-0.15, -0.1) is 11.8 Å². The van der Waals surface area contributed by atoms with Gasteiger partial charge in [-0.05, 0) is 38.1 Å². The Morgan fingerprint density at radius 1 is 1.35 bits per heavy atom. The quantitative estimate of drug-likeness (QED) is 0.790. The van der Waals surface area contributed by atoms with Crippen molar-refractivity contribution < 1.29 is 0 Å². The number of benzene rings is 1. The number of rotatable bonds is 7. The zero-order valence-electron chi connectivity index (χ0n) is 12.5. The highest BCUT2D eigenvalue weighted by Crippen LogP contribution is 2.25. The maximum absolute atomic E-state index is 4.28. The van der Waals surface area contributed by atoms with E-state index in [0.717, 1.165) is 18.7 Å². The number of hydrogen-bond donors (Lipinski definition) is 1. The second-order valence-corrected chi connectivity index (χ2v) is 6.11. The normalized spacial score (nSPS) is 12.6. The fraction of sp³-hybridized carbons (Fsp3) is 0.438. The second kappa shape index (κ2) is 7.50. The van der Waals surface area contributed by atoms with Crippen molar-refractivity contribution in [1.82, 2.24) is 15.1 Å². The molecule has 0 bridgehead atoms.